The van der Waals surface area contributed by atoms with E-state index in [9.17, 15) is 8.42 Å². The third-order valence-electron chi connectivity index (χ3n) is 2.77. The first-order chi connectivity index (χ1) is 8.49. The van der Waals surface area contributed by atoms with Crippen molar-refractivity contribution >= 4 is 9.84 Å². The number of hydrogen-bond donors (Lipinski definition) is 1. The Labute approximate surface area is 110 Å². The summed E-state index contributed by atoms with van der Waals surface area (Å²) in [5.41, 5.74) is 1.81. The molecule has 18 heavy (non-hydrogen) atoms. The summed E-state index contributed by atoms with van der Waals surface area (Å²) in [6.07, 6.45) is 2.79. The van der Waals surface area contributed by atoms with Crippen molar-refractivity contribution in [2.45, 2.75) is 38.0 Å². The van der Waals surface area contributed by atoms with Gasteiger partial charge in [-0.3, -0.25) is 0 Å². The van der Waals surface area contributed by atoms with E-state index < -0.39 is 9.84 Å². The molecule has 0 aliphatic heterocycles. The number of benzene rings is 1. The van der Waals surface area contributed by atoms with Gasteiger partial charge in [0, 0.05) is 12.7 Å². The molecular weight excluding hydrogens is 246 g/mol. The summed E-state index contributed by atoms with van der Waals surface area (Å²) in [6, 6.07) is 6.92. The minimum atomic E-state index is -3.34. The summed E-state index contributed by atoms with van der Waals surface area (Å²) in [6.45, 7) is 4.02. The summed E-state index contributed by atoms with van der Waals surface area (Å²) >= 11 is 0. The minimum absolute atomic E-state index is 0.345. The second-order valence-electron chi connectivity index (χ2n) is 4.35. The Morgan fingerprint density at radius 2 is 1.89 bits per heavy atom. The van der Waals surface area contributed by atoms with Crippen molar-refractivity contribution in [2.75, 3.05) is 7.05 Å². The van der Waals surface area contributed by atoms with Crippen molar-refractivity contribution in [3.63, 3.8) is 0 Å². The Hall–Kier alpha value is -1.29. The van der Waals surface area contributed by atoms with Crippen LogP contribution in [0.25, 0.3) is 0 Å². The number of hydrogen-bond acceptors (Lipinski definition) is 3. The van der Waals surface area contributed by atoms with E-state index in [2.05, 4.69) is 12.2 Å². The van der Waals surface area contributed by atoms with Crippen LogP contribution in [0.4, 0.5) is 0 Å². The molecule has 1 aromatic rings. The summed E-state index contributed by atoms with van der Waals surface area (Å²) in [7, 11) is -1.59. The standard InChI is InChI=1S/C14H21NO2S/c1-4-5-6-13(15-3)11-18(16,17)14-9-7-12(2)8-10-14/h7-11,15H,4-6H2,1-3H3/b13-11+. The van der Waals surface area contributed by atoms with Crippen molar-refractivity contribution in [3.05, 3.63) is 40.9 Å². The molecule has 4 heteroatoms. The molecule has 0 saturated carbocycles. The van der Waals surface area contributed by atoms with E-state index in [0.717, 1.165) is 30.5 Å². The SMILES string of the molecule is CCCC/C(=C\S(=O)(=O)c1ccc(C)cc1)NC. The summed E-state index contributed by atoms with van der Waals surface area (Å²) in [4.78, 5) is 0.345. The maximum Gasteiger partial charge on any atom is 0.201 e. The smallest absolute Gasteiger partial charge is 0.201 e. The number of nitrogens with one attached hydrogen (secondary N) is 1. The average molecular weight is 267 g/mol. The second-order valence-corrected chi connectivity index (χ2v) is 6.15. The van der Waals surface area contributed by atoms with E-state index in [1.165, 1.54) is 5.41 Å². The molecule has 1 rings (SSSR count). The van der Waals surface area contributed by atoms with Gasteiger partial charge in [0.2, 0.25) is 9.84 Å². The van der Waals surface area contributed by atoms with E-state index in [4.69, 9.17) is 0 Å². The van der Waals surface area contributed by atoms with E-state index in [1.807, 2.05) is 19.1 Å². The van der Waals surface area contributed by atoms with E-state index >= 15 is 0 Å². The van der Waals surface area contributed by atoms with Crippen LogP contribution in [-0.2, 0) is 9.84 Å². The average Bonchev–Trinajstić information content (AvgIpc) is 2.35. The molecule has 1 aromatic carbocycles. The van der Waals surface area contributed by atoms with Crippen molar-refractivity contribution in [3.8, 4) is 0 Å². The zero-order chi connectivity index (χ0) is 13.6. The van der Waals surface area contributed by atoms with E-state index in [1.54, 1.807) is 19.2 Å². The van der Waals surface area contributed by atoms with Gasteiger partial charge in [-0.25, -0.2) is 8.42 Å². The Balaban J connectivity index is 2.98. The highest BCUT2D eigenvalue weighted by Crippen LogP contribution is 2.16. The van der Waals surface area contributed by atoms with Crippen LogP contribution in [0.3, 0.4) is 0 Å². The normalized spacial score (nSPS) is 12.5. The monoisotopic (exact) mass is 267 g/mol. The molecule has 0 bridgehead atoms. The fourth-order valence-electron chi connectivity index (χ4n) is 1.59. The molecule has 1 N–H and O–H groups in total. The van der Waals surface area contributed by atoms with Gasteiger partial charge in [-0.1, -0.05) is 31.0 Å². The van der Waals surface area contributed by atoms with Gasteiger partial charge < -0.3 is 5.32 Å². The predicted octanol–water partition coefficient (Wildman–Crippen LogP) is 3.02. The molecule has 3 nitrogen and oxygen atoms in total. The molecule has 0 fully saturated rings. The van der Waals surface area contributed by atoms with Crippen molar-refractivity contribution in [1.82, 2.24) is 5.32 Å². The fourth-order valence-corrected chi connectivity index (χ4v) is 2.86. The molecule has 0 amide bonds. The number of allylic oxidation sites excluding steroid dienone is 1. The van der Waals surface area contributed by atoms with Gasteiger partial charge in [-0.2, -0.15) is 0 Å². The molecule has 0 heterocycles. The third kappa shape index (κ3) is 4.18. The number of sulfone groups is 1. The molecular formula is C14H21NO2S. The first-order valence-corrected chi connectivity index (χ1v) is 7.74. The van der Waals surface area contributed by atoms with Gasteiger partial charge in [0.15, 0.2) is 0 Å². The molecule has 0 saturated heterocycles. The highest BCUT2D eigenvalue weighted by atomic mass is 32.2. The molecule has 0 aliphatic carbocycles. The van der Waals surface area contributed by atoms with Crippen molar-refractivity contribution < 1.29 is 8.42 Å². The zero-order valence-corrected chi connectivity index (χ0v) is 12.0. The Bertz CT molecular complexity index is 501. The fraction of sp³-hybridized carbons (Fsp3) is 0.429. The maximum atomic E-state index is 12.2. The van der Waals surface area contributed by atoms with Crippen LogP contribution in [0.2, 0.25) is 0 Å². The van der Waals surface area contributed by atoms with Crippen molar-refractivity contribution in [2.24, 2.45) is 0 Å². The summed E-state index contributed by atoms with van der Waals surface area (Å²) in [5.74, 6) is 0. The van der Waals surface area contributed by atoms with Crippen molar-refractivity contribution in [1.29, 1.82) is 0 Å². The topological polar surface area (TPSA) is 46.2 Å². The lowest BCUT2D eigenvalue weighted by molar-refractivity contribution is 0.603. The van der Waals surface area contributed by atoms with Crippen LogP contribution >= 0.6 is 0 Å². The van der Waals surface area contributed by atoms with Crippen LogP contribution in [0.5, 0.6) is 0 Å². The highest BCUT2D eigenvalue weighted by molar-refractivity contribution is 7.94. The van der Waals surface area contributed by atoms with Crippen LogP contribution < -0.4 is 5.32 Å². The number of aryl methyl sites for hydroxylation is 1. The van der Waals surface area contributed by atoms with E-state index in [0.29, 0.717) is 4.90 Å². The Kier molecular flexibility index (Phi) is 5.41. The lowest BCUT2D eigenvalue weighted by Crippen LogP contribution is -2.09. The second kappa shape index (κ2) is 6.59. The van der Waals surface area contributed by atoms with Gasteiger partial charge in [-0.15, -0.1) is 0 Å². The molecule has 0 aromatic heterocycles. The zero-order valence-electron chi connectivity index (χ0n) is 11.2. The predicted molar refractivity (Wildman–Crippen MR) is 75.0 cm³/mol. The molecule has 0 atom stereocenters. The third-order valence-corrected chi connectivity index (χ3v) is 4.29. The minimum Gasteiger partial charge on any atom is -0.391 e. The molecule has 0 spiro atoms. The largest absolute Gasteiger partial charge is 0.391 e. The van der Waals surface area contributed by atoms with Crippen LogP contribution in [-0.4, -0.2) is 15.5 Å². The summed E-state index contributed by atoms with van der Waals surface area (Å²) < 4.78 is 24.3. The molecule has 0 aliphatic rings. The van der Waals surface area contributed by atoms with Gasteiger partial charge in [-0.05, 0) is 31.9 Å². The first kappa shape index (κ1) is 14.8. The quantitative estimate of drug-likeness (QED) is 0.861. The Morgan fingerprint density at radius 3 is 2.39 bits per heavy atom. The van der Waals surface area contributed by atoms with E-state index in [-0.39, 0.29) is 0 Å². The lowest BCUT2D eigenvalue weighted by Gasteiger charge is -2.07. The molecule has 100 valence electrons. The molecule has 0 radical (unpaired) electrons. The van der Waals surface area contributed by atoms with Gasteiger partial charge in [0.1, 0.15) is 0 Å². The van der Waals surface area contributed by atoms with Gasteiger partial charge in [0.05, 0.1) is 10.3 Å². The van der Waals surface area contributed by atoms with Gasteiger partial charge in [0.25, 0.3) is 0 Å². The summed E-state index contributed by atoms with van der Waals surface area (Å²) in [5, 5.41) is 4.30. The maximum absolute atomic E-state index is 12.2. The highest BCUT2D eigenvalue weighted by Gasteiger charge is 2.12. The van der Waals surface area contributed by atoms with Crippen LogP contribution in [0.1, 0.15) is 31.7 Å². The molecule has 0 unspecified atom stereocenters. The first-order valence-electron chi connectivity index (χ1n) is 6.19. The lowest BCUT2D eigenvalue weighted by atomic mass is 10.2. The van der Waals surface area contributed by atoms with Crippen LogP contribution in [0, 0.1) is 6.92 Å². The van der Waals surface area contributed by atoms with Gasteiger partial charge >= 0.3 is 0 Å². The Morgan fingerprint density at radius 1 is 1.28 bits per heavy atom. The van der Waals surface area contributed by atoms with Crippen LogP contribution in [0.15, 0.2) is 40.3 Å². The number of rotatable bonds is 6. The number of unbranched alkanes of at least 4 members (excludes halogenated alkanes) is 1.